The molecule has 2 rings (SSSR count). The number of halogens is 1. The zero-order chi connectivity index (χ0) is 15.4. The van der Waals surface area contributed by atoms with Gasteiger partial charge in [-0.3, -0.25) is 4.79 Å². The van der Waals surface area contributed by atoms with Gasteiger partial charge in [-0.1, -0.05) is 24.6 Å². The fourth-order valence-electron chi connectivity index (χ4n) is 2.20. The molecule has 1 aromatic carbocycles. The number of hydrogen-bond donors (Lipinski definition) is 1. The highest BCUT2D eigenvalue weighted by molar-refractivity contribution is 6.32. The fraction of sp³-hybridized carbons (Fsp3) is 0.312. The molecule has 5 heteroatoms. The molecule has 112 valence electrons. The molecular formula is C16H19ClN2O2. The van der Waals surface area contributed by atoms with Gasteiger partial charge in [0.15, 0.2) is 0 Å². The van der Waals surface area contributed by atoms with Crippen LogP contribution in [-0.2, 0) is 13.6 Å². The number of pyridine rings is 1. The van der Waals surface area contributed by atoms with Crippen LogP contribution < -0.4 is 15.6 Å². The zero-order valence-corrected chi connectivity index (χ0v) is 13.2. The first-order chi connectivity index (χ1) is 10.1. The fourth-order valence-corrected chi connectivity index (χ4v) is 2.45. The summed E-state index contributed by atoms with van der Waals surface area (Å²) >= 11 is 6.15. The molecule has 0 amide bonds. The molecule has 0 saturated carbocycles. The van der Waals surface area contributed by atoms with Gasteiger partial charge in [0.25, 0.3) is 5.56 Å². The molecule has 0 fully saturated rings. The first-order valence-corrected chi connectivity index (χ1v) is 7.19. The Morgan fingerprint density at radius 1 is 1.29 bits per heavy atom. The quantitative estimate of drug-likeness (QED) is 0.924. The molecule has 0 unspecified atom stereocenters. The number of rotatable bonds is 5. The van der Waals surface area contributed by atoms with Crippen LogP contribution in [0.3, 0.4) is 0 Å². The third-order valence-electron chi connectivity index (χ3n) is 3.40. The molecule has 1 aromatic heterocycles. The van der Waals surface area contributed by atoms with E-state index >= 15 is 0 Å². The summed E-state index contributed by atoms with van der Waals surface area (Å²) in [5.74, 6) is 0.620. The van der Waals surface area contributed by atoms with Crippen LogP contribution in [0.1, 0.15) is 12.5 Å². The molecule has 2 aromatic rings. The van der Waals surface area contributed by atoms with Gasteiger partial charge in [-0.15, -0.1) is 0 Å². The van der Waals surface area contributed by atoms with Crippen molar-refractivity contribution in [3.05, 3.63) is 51.3 Å². The summed E-state index contributed by atoms with van der Waals surface area (Å²) in [5, 5.41) is 3.69. The number of methoxy groups -OCH3 is 1. The van der Waals surface area contributed by atoms with E-state index in [2.05, 4.69) is 5.32 Å². The third-order valence-corrected chi connectivity index (χ3v) is 3.69. The maximum atomic E-state index is 12.3. The average molecular weight is 307 g/mol. The summed E-state index contributed by atoms with van der Waals surface area (Å²) in [4.78, 5) is 12.3. The molecule has 1 N–H and O–H groups in total. The standard InChI is InChI=1S/C16H19ClN2O2/c1-4-18-10-12-5-7-14(19(2)16(12)20)11-6-8-15(21-3)13(17)9-11/h5-9,18H,4,10H2,1-3H3. The summed E-state index contributed by atoms with van der Waals surface area (Å²) in [6.07, 6.45) is 0. The first kappa shape index (κ1) is 15.6. The predicted octanol–water partition coefficient (Wildman–Crippen LogP) is 2.82. The topological polar surface area (TPSA) is 43.3 Å². The van der Waals surface area contributed by atoms with Gasteiger partial charge < -0.3 is 14.6 Å². The summed E-state index contributed by atoms with van der Waals surface area (Å²) in [6, 6.07) is 9.29. The van der Waals surface area contributed by atoms with E-state index in [1.807, 2.05) is 25.1 Å². The Hall–Kier alpha value is -1.78. The predicted molar refractivity (Wildman–Crippen MR) is 86.1 cm³/mol. The molecule has 0 aliphatic heterocycles. The SMILES string of the molecule is CCNCc1ccc(-c2ccc(OC)c(Cl)c2)n(C)c1=O. The lowest BCUT2D eigenvalue weighted by Gasteiger charge is -2.12. The van der Waals surface area contributed by atoms with Gasteiger partial charge in [0.2, 0.25) is 0 Å². The van der Waals surface area contributed by atoms with Crippen LogP contribution in [0.2, 0.25) is 5.02 Å². The first-order valence-electron chi connectivity index (χ1n) is 6.82. The molecule has 0 radical (unpaired) electrons. The summed E-state index contributed by atoms with van der Waals surface area (Å²) in [5.41, 5.74) is 2.46. The molecule has 4 nitrogen and oxygen atoms in total. The average Bonchev–Trinajstić information content (AvgIpc) is 2.49. The minimum absolute atomic E-state index is 0.000362. The molecule has 0 spiro atoms. The minimum atomic E-state index is 0.000362. The molecule has 1 heterocycles. The maximum absolute atomic E-state index is 12.3. The van der Waals surface area contributed by atoms with E-state index in [1.54, 1.807) is 30.9 Å². The van der Waals surface area contributed by atoms with Gasteiger partial charge in [0, 0.05) is 19.2 Å². The molecule has 0 atom stereocenters. The van der Waals surface area contributed by atoms with Crippen LogP contribution in [-0.4, -0.2) is 18.2 Å². The Morgan fingerprint density at radius 2 is 2.05 bits per heavy atom. The molecular weight excluding hydrogens is 288 g/mol. The lowest BCUT2D eigenvalue weighted by Crippen LogP contribution is -2.26. The van der Waals surface area contributed by atoms with Crippen LogP contribution in [0, 0.1) is 0 Å². The summed E-state index contributed by atoms with van der Waals surface area (Å²) < 4.78 is 6.79. The van der Waals surface area contributed by atoms with Crippen molar-refractivity contribution in [1.82, 2.24) is 9.88 Å². The van der Waals surface area contributed by atoms with Crippen molar-refractivity contribution in [2.24, 2.45) is 7.05 Å². The molecule has 0 aliphatic rings. The van der Waals surface area contributed by atoms with Crippen molar-refractivity contribution in [3.8, 4) is 17.0 Å². The number of nitrogens with one attached hydrogen (secondary N) is 1. The second kappa shape index (κ2) is 6.78. The summed E-state index contributed by atoms with van der Waals surface area (Å²) in [6.45, 7) is 3.42. The normalized spacial score (nSPS) is 10.7. The van der Waals surface area contributed by atoms with E-state index in [0.717, 1.165) is 23.4 Å². The number of benzene rings is 1. The van der Waals surface area contributed by atoms with Gasteiger partial charge in [0.05, 0.1) is 17.8 Å². The highest BCUT2D eigenvalue weighted by atomic mass is 35.5. The van der Waals surface area contributed by atoms with Gasteiger partial charge in [-0.05, 0) is 36.4 Å². The van der Waals surface area contributed by atoms with Gasteiger partial charge in [0.1, 0.15) is 5.75 Å². The highest BCUT2D eigenvalue weighted by Crippen LogP contribution is 2.29. The van der Waals surface area contributed by atoms with Gasteiger partial charge in [-0.2, -0.15) is 0 Å². The zero-order valence-electron chi connectivity index (χ0n) is 12.4. The molecule has 0 bridgehead atoms. The van der Waals surface area contributed by atoms with Gasteiger partial charge >= 0.3 is 0 Å². The second-order valence-electron chi connectivity index (χ2n) is 4.74. The highest BCUT2D eigenvalue weighted by Gasteiger charge is 2.09. The lowest BCUT2D eigenvalue weighted by molar-refractivity contribution is 0.415. The Labute approximate surface area is 129 Å². The van der Waals surface area contributed by atoms with E-state index in [1.165, 1.54) is 0 Å². The van der Waals surface area contributed by atoms with E-state index in [9.17, 15) is 4.79 Å². The number of hydrogen-bond acceptors (Lipinski definition) is 3. The Balaban J connectivity index is 2.43. The molecule has 0 saturated heterocycles. The van der Waals surface area contributed by atoms with Crippen molar-refractivity contribution in [1.29, 1.82) is 0 Å². The van der Waals surface area contributed by atoms with Crippen LogP contribution in [0.5, 0.6) is 5.75 Å². The van der Waals surface area contributed by atoms with Crippen LogP contribution in [0.15, 0.2) is 35.1 Å². The number of aromatic nitrogens is 1. The molecule has 0 aliphatic carbocycles. The monoisotopic (exact) mass is 306 g/mol. The van der Waals surface area contributed by atoms with Crippen LogP contribution >= 0.6 is 11.6 Å². The van der Waals surface area contributed by atoms with Crippen LogP contribution in [0.25, 0.3) is 11.3 Å². The molecule has 21 heavy (non-hydrogen) atoms. The Bertz CT molecular complexity index is 695. The lowest BCUT2D eigenvalue weighted by atomic mass is 10.1. The second-order valence-corrected chi connectivity index (χ2v) is 5.14. The summed E-state index contributed by atoms with van der Waals surface area (Å²) in [7, 11) is 3.34. The third kappa shape index (κ3) is 3.28. The Kier molecular flexibility index (Phi) is 5.04. The van der Waals surface area contributed by atoms with E-state index in [0.29, 0.717) is 17.3 Å². The number of nitrogens with zero attached hydrogens (tertiary/aromatic N) is 1. The minimum Gasteiger partial charge on any atom is -0.495 e. The van der Waals surface area contributed by atoms with Crippen molar-refractivity contribution < 1.29 is 4.74 Å². The van der Waals surface area contributed by atoms with Crippen molar-refractivity contribution in [3.63, 3.8) is 0 Å². The van der Waals surface area contributed by atoms with E-state index in [4.69, 9.17) is 16.3 Å². The largest absolute Gasteiger partial charge is 0.495 e. The van der Waals surface area contributed by atoms with Crippen molar-refractivity contribution in [2.45, 2.75) is 13.5 Å². The smallest absolute Gasteiger partial charge is 0.255 e. The number of ether oxygens (including phenoxy) is 1. The van der Waals surface area contributed by atoms with Crippen LogP contribution in [0.4, 0.5) is 0 Å². The van der Waals surface area contributed by atoms with E-state index in [-0.39, 0.29) is 5.56 Å². The maximum Gasteiger partial charge on any atom is 0.255 e. The van der Waals surface area contributed by atoms with E-state index < -0.39 is 0 Å². The van der Waals surface area contributed by atoms with Crippen molar-refractivity contribution >= 4 is 11.6 Å². The van der Waals surface area contributed by atoms with Crippen molar-refractivity contribution in [2.75, 3.05) is 13.7 Å². The Morgan fingerprint density at radius 3 is 2.67 bits per heavy atom. The van der Waals surface area contributed by atoms with Gasteiger partial charge in [-0.25, -0.2) is 0 Å².